The van der Waals surface area contributed by atoms with Crippen LogP contribution in [0.15, 0.2) is 54.6 Å². The number of hydrogen-bond donors (Lipinski definition) is 3. The maximum absolute atomic E-state index is 11.9. The van der Waals surface area contributed by atoms with Gasteiger partial charge < -0.3 is 4.74 Å². The zero-order valence-corrected chi connectivity index (χ0v) is 15.9. The van der Waals surface area contributed by atoms with Gasteiger partial charge >= 0.3 is 0 Å². The Morgan fingerprint density at radius 1 is 1.00 bits per heavy atom. The van der Waals surface area contributed by atoms with Crippen LogP contribution in [0.25, 0.3) is 6.08 Å². The molecular weight excluding hydrogens is 362 g/mol. The molecule has 0 saturated heterocycles. The molecule has 0 saturated carbocycles. The van der Waals surface area contributed by atoms with E-state index in [1.807, 2.05) is 62.4 Å². The number of hydrazine groups is 1. The van der Waals surface area contributed by atoms with E-state index in [1.54, 1.807) is 6.08 Å². The first-order valence-electron chi connectivity index (χ1n) is 8.27. The first-order chi connectivity index (χ1) is 13.0. The van der Waals surface area contributed by atoms with Gasteiger partial charge in [-0.15, -0.1) is 0 Å². The molecule has 0 aliphatic rings. The highest BCUT2D eigenvalue weighted by Gasteiger charge is 2.08. The van der Waals surface area contributed by atoms with Crippen molar-refractivity contribution in [3.8, 4) is 5.75 Å². The average molecular weight is 383 g/mol. The number of benzene rings is 2. The molecule has 0 aromatic heterocycles. The Kier molecular flexibility index (Phi) is 7.51. The average Bonchev–Trinajstić information content (AvgIpc) is 2.65. The van der Waals surface area contributed by atoms with Crippen LogP contribution in [-0.4, -0.2) is 23.5 Å². The molecule has 2 rings (SSSR count). The second-order valence-electron chi connectivity index (χ2n) is 5.75. The molecule has 2 aromatic carbocycles. The third-order valence-corrected chi connectivity index (χ3v) is 3.74. The van der Waals surface area contributed by atoms with E-state index in [0.29, 0.717) is 5.75 Å². The van der Waals surface area contributed by atoms with Crippen molar-refractivity contribution < 1.29 is 14.3 Å². The Labute approximate surface area is 163 Å². The fourth-order valence-electron chi connectivity index (χ4n) is 2.25. The van der Waals surface area contributed by atoms with Crippen LogP contribution in [0.1, 0.15) is 16.7 Å². The number of rotatable bonds is 5. The highest BCUT2D eigenvalue weighted by Crippen LogP contribution is 2.21. The zero-order valence-electron chi connectivity index (χ0n) is 15.1. The molecule has 0 atom stereocenters. The highest BCUT2D eigenvalue weighted by molar-refractivity contribution is 7.80. The minimum Gasteiger partial charge on any atom is -0.483 e. The third-order valence-electron chi connectivity index (χ3n) is 3.54. The summed E-state index contributed by atoms with van der Waals surface area (Å²) in [5, 5.41) is 2.42. The van der Waals surface area contributed by atoms with Crippen molar-refractivity contribution in [2.45, 2.75) is 13.8 Å². The normalized spacial score (nSPS) is 10.3. The lowest BCUT2D eigenvalue weighted by Gasteiger charge is -2.13. The maximum Gasteiger partial charge on any atom is 0.276 e. The molecule has 27 heavy (non-hydrogen) atoms. The Morgan fingerprint density at radius 2 is 1.67 bits per heavy atom. The summed E-state index contributed by atoms with van der Waals surface area (Å²) in [6.07, 6.45) is 3.02. The number of amides is 2. The molecular formula is C20H21N3O3S. The van der Waals surface area contributed by atoms with E-state index in [9.17, 15) is 9.59 Å². The van der Waals surface area contributed by atoms with Crippen LogP contribution >= 0.6 is 12.2 Å². The van der Waals surface area contributed by atoms with Gasteiger partial charge in [-0.3, -0.25) is 25.8 Å². The summed E-state index contributed by atoms with van der Waals surface area (Å²) in [6.45, 7) is 3.64. The van der Waals surface area contributed by atoms with Gasteiger partial charge in [-0.1, -0.05) is 48.5 Å². The molecule has 2 amide bonds. The highest BCUT2D eigenvalue weighted by atomic mass is 32.1. The van der Waals surface area contributed by atoms with E-state index in [0.717, 1.165) is 16.7 Å². The summed E-state index contributed by atoms with van der Waals surface area (Å²) in [7, 11) is 0. The van der Waals surface area contributed by atoms with E-state index in [2.05, 4.69) is 16.2 Å². The second kappa shape index (κ2) is 10.1. The van der Waals surface area contributed by atoms with Crippen molar-refractivity contribution in [2.24, 2.45) is 0 Å². The van der Waals surface area contributed by atoms with Gasteiger partial charge in [0.25, 0.3) is 5.91 Å². The molecule has 3 N–H and O–H groups in total. The molecule has 7 heteroatoms. The van der Waals surface area contributed by atoms with Crippen LogP contribution in [0.2, 0.25) is 0 Å². The number of carbonyl (C=O) groups is 2. The second-order valence-corrected chi connectivity index (χ2v) is 6.15. The Bertz CT molecular complexity index is 831. The van der Waals surface area contributed by atoms with Gasteiger partial charge in [-0.2, -0.15) is 0 Å². The fourth-order valence-corrected chi connectivity index (χ4v) is 2.40. The summed E-state index contributed by atoms with van der Waals surface area (Å²) in [4.78, 5) is 23.6. The maximum atomic E-state index is 11.9. The fraction of sp³-hybridized carbons (Fsp3) is 0.150. The number of thiocarbonyl (C=S) groups is 1. The molecule has 0 radical (unpaired) electrons. The van der Waals surface area contributed by atoms with E-state index < -0.39 is 11.8 Å². The van der Waals surface area contributed by atoms with E-state index in [1.165, 1.54) is 6.08 Å². The van der Waals surface area contributed by atoms with Gasteiger partial charge in [0, 0.05) is 6.08 Å². The lowest BCUT2D eigenvalue weighted by Crippen LogP contribution is -2.49. The van der Waals surface area contributed by atoms with Crippen molar-refractivity contribution in [3.63, 3.8) is 0 Å². The lowest BCUT2D eigenvalue weighted by atomic mass is 10.1. The number of hydrogen-bond acceptors (Lipinski definition) is 4. The number of para-hydroxylation sites is 1. The standard InChI is InChI=1S/C20H21N3O3S/c1-14-7-6-8-15(2)19(14)26-13-18(25)22-23-20(27)21-17(24)12-11-16-9-4-3-5-10-16/h3-12H,13H2,1-2H3,(H,22,25)(H2,21,23,24,27)/b12-11+. The molecule has 0 heterocycles. The van der Waals surface area contributed by atoms with Crippen LogP contribution < -0.4 is 20.9 Å². The number of ether oxygens (including phenoxy) is 1. The molecule has 0 aliphatic heterocycles. The van der Waals surface area contributed by atoms with Crippen LogP contribution in [0.4, 0.5) is 0 Å². The molecule has 2 aromatic rings. The number of aryl methyl sites for hydroxylation is 2. The van der Waals surface area contributed by atoms with Crippen LogP contribution in [-0.2, 0) is 9.59 Å². The zero-order chi connectivity index (χ0) is 19.6. The quantitative estimate of drug-likeness (QED) is 0.420. The first kappa shape index (κ1) is 20.1. The summed E-state index contributed by atoms with van der Waals surface area (Å²) < 4.78 is 5.54. The molecule has 0 aliphatic carbocycles. The van der Waals surface area contributed by atoms with Gasteiger partial charge in [-0.05, 0) is 48.8 Å². The number of nitrogens with one attached hydrogen (secondary N) is 3. The summed E-state index contributed by atoms with van der Waals surface area (Å²) in [5.41, 5.74) is 7.63. The minimum absolute atomic E-state index is 0.0156. The van der Waals surface area contributed by atoms with E-state index in [-0.39, 0.29) is 11.7 Å². The lowest BCUT2D eigenvalue weighted by molar-refractivity contribution is -0.123. The predicted octanol–water partition coefficient (Wildman–Crippen LogP) is 2.42. The van der Waals surface area contributed by atoms with Gasteiger partial charge in [0.15, 0.2) is 11.7 Å². The Hall–Kier alpha value is -3.19. The molecule has 6 nitrogen and oxygen atoms in total. The van der Waals surface area contributed by atoms with Gasteiger partial charge in [-0.25, -0.2) is 0 Å². The van der Waals surface area contributed by atoms with Gasteiger partial charge in [0.1, 0.15) is 5.75 Å². The monoisotopic (exact) mass is 383 g/mol. The van der Waals surface area contributed by atoms with Crippen molar-refractivity contribution in [1.82, 2.24) is 16.2 Å². The summed E-state index contributed by atoms with van der Waals surface area (Å²) in [5.74, 6) is -0.152. The molecule has 0 spiro atoms. The Balaban J connectivity index is 1.72. The first-order valence-corrected chi connectivity index (χ1v) is 8.68. The minimum atomic E-state index is -0.422. The molecule has 0 fully saturated rings. The van der Waals surface area contributed by atoms with Crippen LogP contribution in [0.3, 0.4) is 0 Å². The van der Waals surface area contributed by atoms with E-state index in [4.69, 9.17) is 17.0 Å². The van der Waals surface area contributed by atoms with Gasteiger partial charge in [0.05, 0.1) is 0 Å². The van der Waals surface area contributed by atoms with Crippen LogP contribution in [0.5, 0.6) is 5.75 Å². The van der Waals surface area contributed by atoms with Gasteiger partial charge in [0.2, 0.25) is 5.91 Å². The molecule has 0 unspecified atom stereocenters. The smallest absolute Gasteiger partial charge is 0.276 e. The molecule has 0 bridgehead atoms. The number of carbonyl (C=O) groups excluding carboxylic acids is 2. The van der Waals surface area contributed by atoms with Crippen molar-refractivity contribution in [2.75, 3.05) is 6.61 Å². The van der Waals surface area contributed by atoms with E-state index >= 15 is 0 Å². The Morgan fingerprint density at radius 3 is 2.33 bits per heavy atom. The van der Waals surface area contributed by atoms with Crippen molar-refractivity contribution in [3.05, 3.63) is 71.3 Å². The third kappa shape index (κ3) is 6.91. The molecule has 140 valence electrons. The SMILES string of the molecule is Cc1cccc(C)c1OCC(=O)NNC(=S)NC(=O)/C=C/c1ccccc1. The topological polar surface area (TPSA) is 79.5 Å². The predicted molar refractivity (Wildman–Crippen MR) is 109 cm³/mol. The van der Waals surface area contributed by atoms with Crippen molar-refractivity contribution >= 4 is 35.2 Å². The largest absolute Gasteiger partial charge is 0.483 e. The summed E-state index contributed by atoms with van der Waals surface area (Å²) >= 11 is 4.97. The van der Waals surface area contributed by atoms with Crippen LogP contribution in [0, 0.1) is 13.8 Å². The van der Waals surface area contributed by atoms with Crippen molar-refractivity contribution in [1.29, 1.82) is 0 Å². The summed E-state index contributed by atoms with van der Waals surface area (Å²) in [6, 6.07) is 15.1.